The smallest absolute Gasteiger partial charge is 0.183 e. The Bertz CT molecular complexity index is 150. The molecule has 6 nitrogen and oxygen atoms in total. The van der Waals surface area contributed by atoms with Crippen molar-refractivity contribution in [2.75, 3.05) is 6.61 Å². The third-order valence-electron chi connectivity index (χ3n) is 1.96. The van der Waals surface area contributed by atoms with Crippen molar-refractivity contribution in [3.8, 4) is 0 Å². The molecule has 0 aromatic heterocycles. The lowest BCUT2D eigenvalue weighted by atomic mass is 9.97. The van der Waals surface area contributed by atoms with E-state index in [2.05, 4.69) is 4.74 Å². The van der Waals surface area contributed by atoms with Gasteiger partial charge in [-0.1, -0.05) is 0 Å². The van der Waals surface area contributed by atoms with Gasteiger partial charge in [0, 0.05) is 0 Å². The van der Waals surface area contributed by atoms with Gasteiger partial charge in [-0.3, -0.25) is 0 Å². The maximum absolute atomic E-state index is 9.24. The quantitative estimate of drug-likeness (QED) is 0.288. The maximum Gasteiger partial charge on any atom is 0.183 e. The van der Waals surface area contributed by atoms with Crippen LogP contribution in [0, 0.1) is 0 Å². The van der Waals surface area contributed by atoms with E-state index < -0.39 is 37.3 Å². The molecule has 12 heavy (non-hydrogen) atoms. The molecule has 1 aliphatic heterocycles. The molecule has 1 rings (SSSR count). The Morgan fingerprint density at radius 3 is 2.25 bits per heavy atom. The third-order valence-corrected chi connectivity index (χ3v) is 1.96. The zero-order chi connectivity index (χ0) is 9.30. The minimum atomic E-state index is -1.44. The van der Waals surface area contributed by atoms with Gasteiger partial charge in [-0.05, 0) is 0 Å². The average molecular weight is 179 g/mol. The molecule has 0 aromatic rings. The summed E-state index contributed by atoms with van der Waals surface area (Å²) in [6, 6.07) is -0.995. The Kier molecular flexibility index (Phi) is 2.99. The van der Waals surface area contributed by atoms with Crippen LogP contribution in [0.5, 0.6) is 0 Å². The standard InChI is InChI=1S/C6H13NO5/c7-3-4(9)2(1-8)12-6(11)5(3)10/h2-6,8-11H,1,7H2/t2?,3-,4+,5?,6?/m0/s1. The molecule has 0 radical (unpaired) electrons. The molecule has 1 fully saturated rings. The fourth-order valence-corrected chi connectivity index (χ4v) is 1.13. The van der Waals surface area contributed by atoms with E-state index >= 15 is 0 Å². The molecule has 5 atom stereocenters. The molecule has 6 N–H and O–H groups in total. The zero-order valence-electron chi connectivity index (χ0n) is 6.37. The van der Waals surface area contributed by atoms with Crippen molar-refractivity contribution in [2.45, 2.75) is 30.6 Å². The van der Waals surface area contributed by atoms with Crippen LogP contribution in [0.2, 0.25) is 0 Å². The number of aliphatic hydroxyl groups is 4. The van der Waals surface area contributed by atoms with Crippen LogP contribution >= 0.6 is 0 Å². The minimum Gasteiger partial charge on any atom is -0.394 e. The van der Waals surface area contributed by atoms with Gasteiger partial charge in [0.15, 0.2) is 6.29 Å². The van der Waals surface area contributed by atoms with E-state index in [0.717, 1.165) is 0 Å². The van der Waals surface area contributed by atoms with Crippen LogP contribution in [0.25, 0.3) is 0 Å². The summed E-state index contributed by atoms with van der Waals surface area (Å²) >= 11 is 0. The summed E-state index contributed by atoms with van der Waals surface area (Å²) in [6.07, 6.45) is -4.85. The number of hydrogen-bond donors (Lipinski definition) is 5. The number of hydrogen-bond acceptors (Lipinski definition) is 6. The third kappa shape index (κ3) is 1.58. The van der Waals surface area contributed by atoms with Crippen LogP contribution < -0.4 is 5.73 Å². The number of ether oxygens (including phenoxy) is 1. The molecule has 0 bridgehead atoms. The van der Waals surface area contributed by atoms with Gasteiger partial charge in [0.2, 0.25) is 0 Å². The fraction of sp³-hybridized carbons (Fsp3) is 1.00. The molecular formula is C6H13NO5. The lowest BCUT2D eigenvalue weighted by Gasteiger charge is -2.38. The second-order valence-electron chi connectivity index (χ2n) is 2.81. The molecular weight excluding hydrogens is 166 g/mol. The highest BCUT2D eigenvalue weighted by Crippen LogP contribution is 2.17. The van der Waals surface area contributed by atoms with E-state index in [-0.39, 0.29) is 0 Å². The monoisotopic (exact) mass is 179 g/mol. The van der Waals surface area contributed by atoms with Crippen molar-refractivity contribution in [1.29, 1.82) is 0 Å². The Hall–Kier alpha value is -0.240. The highest BCUT2D eigenvalue weighted by Gasteiger charge is 2.41. The average Bonchev–Trinajstić information content (AvgIpc) is 2.08. The molecule has 1 aliphatic rings. The zero-order valence-corrected chi connectivity index (χ0v) is 6.37. The molecule has 72 valence electrons. The van der Waals surface area contributed by atoms with E-state index in [1.165, 1.54) is 0 Å². The molecule has 1 heterocycles. The van der Waals surface area contributed by atoms with Crippen LogP contribution in [-0.4, -0.2) is 57.7 Å². The van der Waals surface area contributed by atoms with Gasteiger partial charge >= 0.3 is 0 Å². The van der Waals surface area contributed by atoms with Gasteiger partial charge in [0.05, 0.1) is 12.6 Å². The Labute approximate surface area is 69.2 Å². The lowest BCUT2D eigenvalue weighted by Crippen LogP contribution is -2.62. The highest BCUT2D eigenvalue weighted by atomic mass is 16.6. The first-order valence-corrected chi connectivity index (χ1v) is 3.64. The van der Waals surface area contributed by atoms with Crippen molar-refractivity contribution in [3.05, 3.63) is 0 Å². The summed E-state index contributed by atoms with van der Waals surface area (Å²) in [4.78, 5) is 0. The maximum atomic E-state index is 9.24. The Balaban J connectivity index is 2.63. The summed E-state index contributed by atoms with van der Waals surface area (Å²) in [5.41, 5.74) is 5.33. The summed E-state index contributed by atoms with van der Waals surface area (Å²) in [7, 11) is 0. The molecule has 0 saturated carbocycles. The summed E-state index contributed by atoms with van der Waals surface area (Å²) in [5, 5.41) is 36.0. The molecule has 0 aliphatic carbocycles. The second-order valence-corrected chi connectivity index (χ2v) is 2.81. The van der Waals surface area contributed by atoms with E-state index in [1.54, 1.807) is 0 Å². The van der Waals surface area contributed by atoms with Crippen molar-refractivity contribution in [1.82, 2.24) is 0 Å². The van der Waals surface area contributed by atoms with E-state index in [9.17, 15) is 5.11 Å². The molecule has 1 saturated heterocycles. The van der Waals surface area contributed by atoms with Gasteiger partial charge in [-0.25, -0.2) is 0 Å². The van der Waals surface area contributed by atoms with Gasteiger partial charge in [0.1, 0.15) is 18.3 Å². The van der Waals surface area contributed by atoms with E-state index in [4.69, 9.17) is 21.1 Å². The van der Waals surface area contributed by atoms with Crippen molar-refractivity contribution >= 4 is 0 Å². The summed E-state index contributed by atoms with van der Waals surface area (Å²) in [5.74, 6) is 0. The largest absolute Gasteiger partial charge is 0.394 e. The van der Waals surface area contributed by atoms with E-state index in [1.807, 2.05) is 0 Å². The fourth-order valence-electron chi connectivity index (χ4n) is 1.13. The molecule has 3 unspecified atom stereocenters. The number of nitrogens with two attached hydrogens (primary N) is 1. The first-order chi connectivity index (χ1) is 5.57. The van der Waals surface area contributed by atoms with Crippen molar-refractivity contribution < 1.29 is 25.2 Å². The normalized spacial score (nSPS) is 49.2. The SMILES string of the molecule is N[C@@H]1C(O)C(O)OC(CO)[C@H]1O. The predicted molar refractivity (Wildman–Crippen MR) is 38.0 cm³/mol. The van der Waals surface area contributed by atoms with Crippen molar-refractivity contribution in [3.63, 3.8) is 0 Å². The Morgan fingerprint density at radius 1 is 1.17 bits per heavy atom. The van der Waals surface area contributed by atoms with Gasteiger partial charge in [-0.2, -0.15) is 0 Å². The first-order valence-electron chi connectivity index (χ1n) is 3.64. The van der Waals surface area contributed by atoms with Gasteiger partial charge in [-0.15, -0.1) is 0 Å². The highest BCUT2D eigenvalue weighted by molar-refractivity contribution is 4.90. The van der Waals surface area contributed by atoms with Crippen LogP contribution in [0.3, 0.4) is 0 Å². The van der Waals surface area contributed by atoms with Crippen molar-refractivity contribution in [2.24, 2.45) is 5.73 Å². The topological polar surface area (TPSA) is 116 Å². The van der Waals surface area contributed by atoms with E-state index in [0.29, 0.717) is 0 Å². The second kappa shape index (κ2) is 3.65. The van der Waals surface area contributed by atoms with Crippen LogP contribution in [0.4, 0.5) is 0 Å². The molecule has 0 amide bonds. The summed E-state index contributed by atoms with van der Waals surface area (Å²) in [6.45, 7) is -0.446. The lowest BCUT2D eigenvalue weighted by molar-refractivity contribution is -0.258. The van der Waals surface area contributed by atoms with Crippen LogP contribution in [0.1, 0.15) is 0 Å². The number of rotatable bonds is 1. The Morgan fingerprint density at radius 2 is 1.75 bits per heavy atom. The predicted octanol–water partition coefficient (Wildman–Crippen LogP) is -3.26. The van der Waals surface area contributed by atoms with Gasteiger partial charge < -0.3 is 30.9 Å². The van der Waals surface area contributed by atoms with Gasteiger partial charge in [0.25, 0.3) is 0 Å². The minimum absolute atomic E-state index is 0.446. The number of aliphatic hydroxyl groups excluding tert-OH is 4. The van der Waals surface area contributed by atoms with Crippen LogP contribution in [-0.2, 0) is 4.74 Å². The van der Waals surface area contributed by atoms with Crippen LogP contribution in [0.15, 0.2) is 0 Å². The first kappa shape index (κ1) is 9.85. The molecule has 6 heteroatoms. The molecule has 0 spiro atoms. The summed E-state index contributed by atoms with van der Waals surface area (Å²) < 4.78 is 4.66. The molecule has 0 aromatic carbocycles.